The van der Waals surface area contributed by atoms with Crippen LogP contribution in [0.2, 0.25) is 0 Å². The summed E-state index contributed by atoms with van der Waals surface area (Å²) < 4.78 is 0.827. The smallest absolute Gasteiger partial charge is 0.240 e. The molecule has 4 nitrogen and oxygen atoms in total. The summed E-state index contributed by atoms with van der Waals surface area (Å²) in [5, 5.41) is 3.06. The van der Waals surface area contributed by atoms with Gasteiger partial charge >= 0.3 is 0 Å². The average molecular weight is 367 g/mol. The van der Waals surface area contributed by atoms with E-state index < -0.39 is 0 Å². The molecule has 1 N–H and O–H groups in total. The van der Waals surface area contributed by atoms with Gasteiger partial charge < -0.3 is 10.2 Å². The molecular weight excluding hydrogens is 344 g/mol. The molecule has 2 rings (SSSR count). The maximum atomic E-state index is 12.3. The molecule has 1 aromatic carbocycles. The maximum Gasteiger partial charge on any atom is 0.240 e. The van der Waals surface area contributed by atoms with Crippen molar-refractivity contribution in [3.05, 3.63) is 28.2 Å². The highest BCUT2D eigenvalue weighted by molar-refractivity contribution is 9.10. The van der Waals surface area contributed by atoms with Crippen molar-refractivity contribution >= 4 is 33.4 Å². The zero-order chi connectivity index (χ0) is 16.1. The van der Waals surface area contributed by atoms with Crippen LogP contribution in [0.1, 0.15) is 44.6 Å². The molecule has 1 fully saturated rings. The Morgan fingerprint density at radius 3 is 2.55 bits per heavy atom. The first-order chi connectivity index (χ1) is 10.5. The van der Waals surface area contributed by atoms with E-state index in [0.29, 0.717) is 0 Å². The second kappa shape index (κ2) is 7.77. The van der Waals surface area contributed by atoms with Gasteiger partial charge in [-0.05, 0) is 53.4 Å². The molecular formula is C17H23BrN2O2. The molecule has 1 aliphatic carbocycles. The minimum absolute atomic E-state index is 0.0630. The third-order valence-corrected chi connectivity index (χ3v) is 4.68. The maximum absolute atomic E-state index is 12.3. The molecule has 0 radical (unpaired) electrons. The topological polar surface area (TPSA) is 49.4 Å². The quantitative estimate of drug-likeness (QED) is 0.885. The van der Waals surface area contributed by atoms with Crippen molar-refractivity contribution in [1.82, 2.24) is 5.32 Å². The fourth-order valence-electron chi connectivity index (χ4n) is 2.86. The summed E-state index contributed by atoms with van der Waals surface area (Å²) in [6.45, 7) is 3.54. The number of carbonyl (C=O) groups is 2. The van der Waals surface area contributed by atoms with E-state index in [4.69, 9.17) is 0 Å². The fraction of sp³-hybridized carbons (Fsp3) is 0.529. The molecule has 0 aliphatic heterocycles. The van der Waals surface area contributed by atoms with Gasteiger partial charge in [0.25, 0.3) is 0 Å². The van der Waals surface area contributed by atoms with Crippen LogP contribution < -0.4 is 10.2 Å². The van der Waals surface area contributed by atoms with Crippen LogP contribution in [0.5, 0.6) is 0 Å². The third-order valence-electron chi connectivity index (χ3n) is 4.05. The number of hydrogen-bond acceptors (Lipinski definition) is 2. The number of anilines is 1. The van der Waals surface area contributed by atoms with Crippen LogP contribution >= 0.6 is 15.9 Å². The van der Waals surface area contributed by atoms with Crippen molar-refractivity contribution in [2.24, 2.45) is 0 Å². The van der Waals surface area contributed by atoms with Crippen LogP contribution in [0.3, 0.4) is 0 Å². The molecule has 5 heteroatoms. The number of rotatable bonds is 4. The molecule has 1 aromatic rings. The molecule has 0 unspecified atom stereocenters. The molecule has 0 heterocycles. The first-order valence-corrected chi connectivity index (χ1v) is 8.60. The van der Waals surface area contributed by atoms with E-state index in [2.05, 4.69) is 21.2 Å². The van der Waals surface area contributed by atoms with E-state index in [1.807, 2.05) is 25.1 Å². The van der Waals surface area contributed by atoms with Crippen molar-refractivity contribution in [2.75, 3.05) is 11.4 Å². The van der Waals surface area contributed by atoms with Gasteiger partial charge in [-0.25, -0.2) is 0 Å². The Morgan fingerprint density at radius 1 is 1.27 bits per heavy atom. The van der Waals surface area contributed by atoms with Crippen LogP contribution in [0.15, 0.2) is 22.7 Å². The predicted octanol–water partition coefficient (Wildman–Crippen LogP) is 3.56. The first-order valence-electron chi connectivity index (χ1n) is 7.81. The lowest BCUT2D eigenvalue weighted by atomic mass is 9.95. The molecule has 1 saturated carbocycles. The first kappa shape index (κ1) is 17.0. The van der Waals surface area contributed by atoms with Crippen LogP contribution in [-0.4, -0.2) is 24.4 Å². The summed E-state index contributed by atoms with van der Waals surface area (Å²) in [5.41, 5.74) is 1.84. The summed E-state index contributed by atoms with van der Waals surface area (Å²) in [6, 6.07) is 6.02. The monoisotopic (exact) mass is 366 g/mol. The zero-order valence-corrected chi connectivity index (χ0v) is 14.8. The highest BCUT2D eigenvalue weighted by Crippen LogP contribution is 2.27. The van der Waals surface area contributed by atoms with Gasteiger partial charge in [-0.2, -0.15) is 0 Å². The lowest BCUT2D eigenvalue weighted by Crippen LogP contribution is -2.44. The minimum atomic E-state index is -0.136. The number of nitrogens with zero attached hydrogens (tertiary/aromatic N) is 1. The van der Waals surface area contributed by atoms with Crippen molar-refractivity contribution in [3.8, 4) is 0 Å². The zero-order valence-electron chi connectivity index (χ0n) is 13.2. The van der Waals surface area contributed by atoms with Gasteiger partial charge in [0.2, 0.25) is 11.8 Å². The Kier molecular flexibility index (Phi) is 6.00. The van der Waals surface area contributed by atoms with E-state index in [0.717, 1.165) is 28.6 Å². The van der Waals surface area contributed by atoms with Crippen molar-refractivity contribution in [1.29, 1.82) is 0 Å². The van der Waals surface area contributed by atoms with E-state index in [-0.39, 0.29) is 24.4 Å². The fourth-order valence-corrected chi connectivity index (χ4v) is 3.57. The van der Waals surface area contributed by atoms with Crippen LogP contribution in [0.4, 0.5) is 5.69 Å². The minimum Gasteiger partial charge on any atom is -0.352 e. The Hall–Kier alpha value is -1.36. The third kappa shape index (κ3) is 4.57. The highest BCUT2D eigenvalue weighted by atomic mass is 79.9. The molecule has 2 amide bonds. The predicted molar refractivity (Wildman–Crippen MR) is 91.9 cm³/mol. The molecule has 0 saturated heterocycles. The molecule has 120 valence electrons. The molecule has 0 bridgehead atoms. The lowest BCUT2D eigenvalue weighted by Gasteiger charge is -2.26. The molecule has 0 spiro atoms. The number of hydrogen-bond donors (Lipinski definition) is 1. The van der Waals surface area contributed by atoms with E-state index >= 15 is 0 Å². The van der Waals surface area contributed by atoms with Crippen LogP contribution in [0, 0.1) is 6.92 Å². The molecule has 0 aromatic heterocycles. The molecule has 22 heavy (non-hydrogen) atoms. The number of nitrogens with one attached hydrogen (secondary N) is 1. The molecule has 1 aliphatic rings. The van der Waals surface area contributed by atoms with E-state index in [9.17, 15) is 9.59 Å². The van der Waals surface area contributed by atoms with Crippen molar-refractivity contribution < 1.29 is 9.59 Å². The second-order valence-electron chi connectivity index (χ2n) is 5.96. The van der Waals surface area contributed by atoms with E-state index in [1.54, 1.807) is 0 Å². The largest absolute Gasteiger partial charge is 0.352 e. The number of benzene rings is 1. The van der Waals surface area contributed by atoms with Crippen LogP contribution in [0.25, 0.3) is 0 Å². The SMILES string of the molecule is CC(=O)N(CC(=O)NC1CCCCC1)c1ccc(C)cc1Br. The van der Waals surface area contributed by atoms with Gasteiger partial charge in [-0.1, -0.05) is 25.3 Å². The van der Waals surface area contributed by atoms with E-state index in [1.165, 1.54) is 31.1 Å². The summed E-state index contributed by atoms with van der Waals surface area (Å²) in [5.74, 6) is -0.224. The normalized spacial score (nSPS) is 15.4. The van der Waals surface area contributed by atoms with Crippen molar-refractivity contribution in [2.45, 2.75) is 52.0 Å². The van der Waals surface area contributed by atoms with Gasteiger partial charge in [0.15, 0.2) is 0 Å². The summed E-state index contributed by atoms with van der Waals surface area (Å²) in [4.78, 5) is 25.7. The van der Waals surface area contributed by atoms with Gasteiger partial charge in [-0.3, -0.25) is 9.59 Å². The number of halogens is 1. The van der Waals surface area contributed by atoms with Gasteiger partial charge in [0.05, 0.1) is 5.69 Å². The lowest BCUT2D eigenvalue weighted by molar-refractivity contribution is -0.123. The number of amides is 2. The standard InChI is InChI=1S/C17H23BrN2O2/c1-12-8-9-16(15(18)10-12)20(13(2)21)11-17(22)19-14-6-4-3-5-7-14/h8-10,14H,3-7,11H2,1-2H3,(H,19,22). The summed E-state index contributed by atoms with van der Waals surface area (Å²) >= 11 is 3.48. The summed E-state index contributed by atoms with van der Waals surface area (Å²) in [7, 11) is 0. The Labute approximate surface area is 140 Å². The molecule has 0 atom stereocenters. The summed E-state index contributed by atoms with van der Waals surface area (Å²) in [6.07, 6.45) is 5.68. The van der Waals surface area contributed by atoms with Gasteiger partial charge in [0.1, 0.15) is 6.54 Å². The van der Waals surface area contributed by atoms with Crippen molar-refractivity contribution in [3.63, 3.8) is 0 Å². The average Bonchev–Trinajstić information content (AvgIpc) is 2.46. The number of carbonyl (C=O) groups excluding carboxylic acids is 2. The van der Waals surface area contributed by atoms with Gasteiger partial charge in [0, 0.05) is 17.4 Å². The number of aryl methyl sites for hydroxylation is 1. The van der Waals surface area contributed by atoms with Crippen LogP contribution in [-0.2, 0) is 9.59 Å². The Bertz CT molecular complexity index is 554. The Balaban J connectivity index is 2.05. The highest BCUT2D eigenvalue weighted by Gasteiger charge is 2.21. The Morgan fingerprint density at radius 2 is 1.95 bits per heavy atom. The second-order valence-corrected chi connectivity index (χ2v) is 6.82. The van der Waals surface area contributed by atoms with Gasteiger partial charge in [-0.15, -0.1) is 0 Å².